The van der Waals surface area contributed by atoms with E-state index in [1.54, 1.807) is 29.4 Å². The van der Waals surface area contributed by atoms with Crippen LogP contribution in [0.15, 0.2) is 82.3 Å². The van der Waals surface area contributed by atoms with E-state index in [9.17, 15) is 13.2 Å². The van der Waals surface area contributed by atoms with Gasteiger partial charge in [0.25, 0.3) is 0 Å². The van der Waals surface area contributed by atoms with Crippen molar-refractivity contribution in [1.82, 2.24) is 4.90 Å². The van der Waals surface area contributed by atoms with Gasteiger partial charge in [0.15, 0.2) is 0 Å². The number of hydrogen-bond acceptors (Lipinski definition) is 5. The first kappa shape index (κ1) is 21.8. The molecule has 2 N–H and O–H groups in total. The summed E-state index contributed by atoms with van der Waals surface area (Å²) < 4.78 is 28.3. The Morgan fingerprint density at radius 2 is 1.70 bits per heavy atom. The zero-order valence-electron chi connectivity index (χ0n) is 16.9. The minimum Gasteiger partial charge on any atom is -0.467 e. The Labute approximate surface area is 176 Å². The van der Waals surface area contributed by atoms with Crippen molar-refractivity contribution in [3.63, 3.8) is 0 Å². The molecule has 0 spiro atoms. The van der Waals surface area contributed by atoms with Crippen molar-refractivity contribution < 1.29 is 17.6 Å². The van der Waals surface area contributed by atoms with Crippen LogP contribution in [0.1, 0.15) is 24.3 Å². The second-order valence-corrected chi connectivity index (χ2v) is 8.66. The van der Waals surface area contributed by atoms with Crippen molar-refractivity contribution in [1.29, 1.82) is 0 Å². The standard InChI is InChI=1S/C22H25N3O4S/c1-17(18-10-12-21(13-11-18)30(23,27)28)24(2)16-22(26)25(15-20-9-6-14-29-20)19-7-4-3-5-8-19/h3-14,17H,15-16H2,1-2H3,(H2,23,27,28). The first-order valence-corrected chi connectivity index (χ1v) is 11.0. The van der Waals surface area contributed by atoms with Crippen LogP contribution in [0.4, 0.5) is 5.69 Å². The highest BCUT2D eigenvalue weighted by atomic mass is 32.2. The molecule has 1 heterocycles. The Bertz CT molecular complexity index is 1070. The molecule has 0 saturated carbocycles. The summed E-state index contributed by atoms with van der Waals surface area (Å²) in [5.41, 5.74) is 1.67. The van der Waals surface area contributed by atoms with E-state index in [4.69, 9.17) is 9.56 Å². The zero-order chi connectivity index (χ0) is 21.7. The molecule has 158 valence electrons. The van der Waals surface area contributed by atoms with Crippen LogP contribution in [0.2, 0.25) is 0 Å². The van der Waals surface area contributed by atoms with Crippen LogP contribution >= 0.6 is 0 Å². The molecule has 0 radical (unpaired) electrons. The number of hydrogen-bond donors (Lipinski definition) is 1. The number of benzene rings is 2. The Balaban J connectivity index is 1.74. The lowest BCUT2D eigenvalue weighted by Crippen LogP contribution is -2.39. The number of likely N-dealkylation sites (N-methyl/N-ethyl adjacent to an activating group) is 1. The fourth-order valence-electron chi connectivity index (χ4n) is 3.12. The van der Waals surface area contributed by atoms with Gasteiger partial charge in [0, 0.05) is 11.7 Å². The number of para-hydroxylation sites is 1. The second-order valence-electron chi connectivity index (χ2n) is 7.10. The molecule has 30 heavy (non-hydrogen) atoms. The van der Waals surface area contributed by atoms with Crippen LogP contribution in [-0.4, -0.2) is 32.8 Å². The van der Waals surface area contributed by atoms with Gasteiger partial charge in [-0.25, -0.2) is 13.6 Å². The number of rotatable bonds is 8. The van der Waals surface area contributed by atoms with Crippen molar-refractivity contribution in [3.05, 3.63) is 84.3 Å². The summed E-state index contributed by atoms with van der Waals surface area (Å²) >= 11 is 0. The van der Waals surface area contributed by atoms with Crippen LogP contribution in [0, 0.1) is 0 Å². The largest absolute Gasteiger partial charge is 0.467 e. The number of carbonyl (C=O) groups excluding carboxylic acids is 1. The summed E-state index contributed by atoms with van der Waals surface area (Å²) in [6.45, 7) is 2.47. The smallest absolute Gasteiger partial charge is 0.241 e. The van der Waals surface area contributed by atoms with Crippen LogP contribution in [-0.2, 0) is 21.4 Å². The van der Waals surface area contributed by atoms with Gasteiger partial charge in [-0.1, -0.05) is 30.3 Å². The number of nitrogens with zero attached hydrogens (tertiary/aromatic N) is 2. The van der Waals surface area contributed by atoms with E-state index in [0.29, 0.717) is 12.3 Å². The highest BCUT2D eigenvalue weighted by Gasteiger charge is 2.22. The van der Waals surface area contributed by atoms with Gasteiger partial charge in [0.1, 0.15) is 5.76 Å². The first-order chi connectivity index (χ1) is 14.3. The first-order valence-electron chi connectivity index (χ1n) is 9.46. The second kappa shape index (κ2) is 9.25. The molecule has 0 aliphatic rings. The average Bonchev–Trinajstić information content (AvgIpc) is 3.24. The minimum absolute atomic E-state index is 0.0610. The number of amides is 1. The number of primary sulfonamides is 1. The van der Waals surface area contributed by atoms with Gasteiger partial charge >= 0.3 is 0 Å². The van der Waals surface area contributed by atoms with Crippen molar-refractivity contribution in [3.8, 4) is 0 Å². The van der Waals surface area contributed by atoms with E-state index in [0.717, 1.165) is 11.3 Å². The van der Waals surface area contributed by atoms with Crippen LogP contribution in [0.5, 0.6) is 0 Å². The Morgan fingerprint density at radius 3 is 2.27 bits per heavy atom. The third-order valence-electron chi connectivity index (χ3n) is 5.00. The van der Waals surface area contributed by atoms with Crippen molar-refractivity contribution >= 4 is 21.6 Å². The SMILES string of the molecule is CC(c1ccc(S(N)(=O)=O)cc1)N(C)CC(=O)N(Cc1ccco1)c1ccccc1. The van der Waals surface area contributed by atoms with E-state index in [1.165, 1.54) is 12.1 Å². The molecule has 0 aliphatic heterocycles. The van der Waals surface area contributed by atoms with E-state index in [-0.39, 0.29) is 23.4 Å². The molecule has 1 aromatic heterocycles. The fraction of sp³-hybridized carbons (Fsp3) is 0.227. The number of nitrogens with two attached hydrogens (primary N) is 1. The number of carbonyl (C=O) groups is 1. The maximum atomic E-state index is 13.1. The van der Waals surface area contributed by atoms with E-state index in [2.05, 4.69) is 0 Å². The van der Waals surface area contributed by atoms with Crippen molar-refractivity contribution in [2.45, 2.75) is 24.4 Å². The predicted octanol–water partition coefficient (Wildman–Crippen LogP) is 3.15. The summed E-state index contributed by atoms with van der Waals surface area (Å²) in [5.74, 6) is 0.620. The van der Waals surface area contributed by atoms with Crippen molar-refractivity contribution in [2.24, 2.45) is 5.14 Å². The molecule has 3 rings (SSSR count). The van der Waals surface area contributed by atoms with Crippen molar-refractivity contribution in [2.75, 3.05) is 18.5 Å². The van der Waals surface area contributed by atoms with E-state index in [1.807, 2.05) is 55.3 Å². The molecule has 0 aliphatic carbocycles. The van der Waals surface area contributed by atoms with E-state index < -0.39 is 10.0 Å². The Morgan fingerprint density at radius 1 is 1.03 bits per heavy atom. The summed E-state index contributed by atoms with van der Waals surface area (Å²) in [6.07, 6.45) is 1.59. The lowest BCUT2D eigenvalue weighted by atomic mass is 10.1. The van der Waals surface area contributed by atoms with Gasteiger partial charge in [-0.3, -0.25) is 9.69 Å². The van der Waals surface area contributed by atoms with Crippen LogP contribution < -0.4 is 10.0 Å². The maximum absolute atomic E-state index is 13.1. The summed E-state index contributed by atoms with van der Waals surface area (Å²) in [4.78, 5) is 16.8. The molecular formula is C22H25N3O4S. The summed E-state index contributed by atoms with van der Waals surface area (Å²) in [7, 11) is -1.88. The third-order valence-corrected chi connectivity index (χ3v) is 5.93. The quantitative estimate of drug-likeness (QED) is 0.596. The molecular weight excluding hydrogens is 402 g/mol. The number of furan rings is 1. The lowest BCUT2D eigenvalue weighted by Gasteiger charge is -2.28. The molecule has 1 unspecified atom stereocenters. The van der Waals surface area contributed by atoms with Crippen LogP contribution in [0.3, 0.4) is 0 Å². The number of anilines is 1. The third kappa shape index (κ3) is 5.35. The monoisotopic (exact) mass is 427 g/mol. The lowest BCUT2D eigenvalue weighted by molar-refractivity contribution is -0.120. The van der Waals surface area contributed by atoms with Gasteiger partial charge in [-0.15, -0.1) is 0 Å². The minimum atomic E-state index is -3.73. The zero-order valence-corrected chi connectivity index (χ0v) is 17.7. The fourth-order valence-corrected chi connectivity index (χ4v) is 3.63. The molecule has 1 amide bonds. The van der Waals surface area contributed by atoms with Gasteiger partial charge < -0.3 is 9.32 Å². The molecule has 2 aromatic carbocycles. The predicted molar refractivity (Wildman–Crippen MR) is 115 cm³/mol. The van der Waals surface area contributed by atoms with Gasteiger partial charge in [-0.05, 0) is 55.9 Å². The number of sulfonamides is 1. The topological polar surface area (TPSA) is 96.8 Å². The Hall–Kier alpha value is -2.94. The van der Waals surface area contributed by atoms with E-state index >= 15 is 0 Å². The van der Waals surface area contributed by atoms with Gasteiger partial charge in [0.2, 0.25) is 15.9 Å². The average molecular weight is 428 g/mol. The summed E-state index contributed by atoms with van der Waals surface area (Å²) in [5, 5.41) is 5.16. The molecule has 8 heteroatoms. The molecule has 3 aromatic rings. The molecule has 7 nitrogen and oxygen atoms in total. The van der Waals surface area contributed by atoms with Gasteiger partial charge in [0.05, 0.1) is 24.2 Å². The maximum Gasteiger partial charge on any atom is 0.241 e. The highest BCUT2D eigenvalue weighted by Crippen LogP contribution is 2.22. The van der Waals surface area contributed by atoms with Crippen LogP contribution in [0.25, 0.3) is 0 Å². The Kier molecular flexibility index (Phi) is 6.71. The normalized spacial score (nSPS) is 12.7. The molecule has 1 atom stereocenters. The summed E-state index contributed by atoms with van der Waals surface area (Å²) in [6, 6.07) is 19.3. The molecule has 0 bridgehead atoms. The molecule has 0 fully saturated rings. The highest BCUT2D eigenvalue weighted by molar-refractivity contribution is 7.89. The van der Waals surface area contributed by atoms with Gasteiger partial charge in [-0.2, -0.15) is 0 Å². The molecule has 0 saturated heterocycles.